The number of nitrogens with zero attached hydrogens (tertiary/aromatic N) is 4. The number of amides is 2. The smallest absolute Gasteiger partial charge is 0.278 e. The Balaban J connectivity index is 1.64. The summed E-state index contributed by atoms with van der Waals surface area (Å²) < 4.78 is 31.1. The zero-order valence-corrected chi connectivity index (χ0v) is 21.3. The Morgan fingerprint density at radius 2 is 1.87 bits per heavy atom. The number of hydrogen-bond acceptors (Lipinski definition) is 6. The van der Waals surface area contributed by atoms with E-state index in [0.29, 0.717) is 18.5 Å². The van der Waals surface area contributed by atoms with Crippen molar-refractivity contribution in [3.8, 4) is 5.75 Å². The van der Waals surface area contributed by atoms with E-state index < -0.39 is 40.9 Å². The summed E-state index contributed by atoms with van der Waals surface area (Å²) in [5, 5.41) is 12.5. The third kappa shape index (κ3) is 3.59. The molecule has 3 aliphatic rings. The molecule has 1 N–H and O–H groups in total. The van der Waals surface area contributed by atoms with Gasteiger partial charge >= 0.3 is 0 Å². The van der Waals surface area contributed by atoms with Crippen LogP contribution < -0.4 is 10.4 Å². The van der Waals surface area contributed by atoms with Gasteiger partial charge in [-0.05, 0) is 23.3 Å². The summed E-state index contributed by atoms with van der Waals surface area (Å²) in [7, 11) is 0. The molecule has 2 aromatic carbocycles. The number of benzene rings is 2. The van der Waals surface area contributed by atoms with Gasteiger partial charge in [-0.1, -0.05) is 31.2 Å². The van der Waals surface area contributed by atoms with E-state index in [1.165, 1.54) is 27.5 Å². The molecule has 0 aliphatic carbocycles. The molecule has 1 aromatic heterocycles. The number of thioether (sulfide) groups is 1. The number of aromatic nitrogens is 1. The Kier molecular flexibility index (Phi) is 5.90. The van der Waals surface area contributed by atoms with Crippen LogP contribution in [-0.2, 0) is 10.5 Å². The monoisotopic (exact) mass is 538 g/mol. The predicted molar refractivity (Wildman–Crippen MR) is 136 cm³/mol. The average molecular weight is 539 g/mol. The molecule has 3 aliphatic heterocycles. The third-order valence-electron chi connectivity index (χ3n) is 7.46. The second-order valence-electron chi connectivity index (χ2n) is 9.43. The summed E-state index contributed by atoms with van der Waals surface area (Å²) in [6, 6.07) is 10.6. The predicted octanol–water partition coefficient (Wildman–Crippen LogP) is 3.20. The normalized spacial score (nSPS) is 20.3. The average Bonchev–Trinajstić information content (AvgIpc) is 3.09. The van der Waals surface area contributed by atoms with E-state index >= 15 is 4.39 Å². The molecule has 6 rings (SSSR count). The van der Waals surface area contributed by atoms with Gasteiger partial charge in [0.2, 0.25) is 11.3 Å². The van der Waals surface area contributed by atoms with Crippen molar-refractivity contribution >= 4 is 23.6 Å². The van der Waals surface area contributed by atoms with Crippen molar-refractivity contribution in [2.45, 2.75) is 36.2 Å². The number of carbonyl (C=O) groups excluding carboxylic acids is 2. The molecule has 2 amide bonds. The fourth-order valence-electron chi connectivity index (χ4n) is 5.61. The number of aromatic hydroxyl groups is 1. The van der Waals surface area contributed by atoms with Crippen LogP contribution in [0.1, 0.15) is 46.6 Å². The van der Waals surface area contributed by atoms with Gasteiger partial charge in [0, 0.05) is 48.0 Å². The van der Waals surface area contributed by atoms with Crippen LogP contribution in [-0.4, -0.2) is 57.2 Å². The van der Waals surface area contributed by atoms with E-state index in [-0.39, 0.29) is 36.0 Å². The first-order valence-electron chi connectivity index (χ1n) is 12.3. The fraction of sp³-hybridized carbons (Fsp3) is 0.296. The molecule has 8 nitrogen and oxygen atoms in total. The first kappa shape index (κ1) is 24.5. The van der Waals surface area contributed by atoms with Gasteiger partial charge in [0.25, 0.3) is 5.91 Å². The molecule has 0 saturated carbocycles. The van der Waals surface area contributed by atoms with E-state index in [2.05, 4.69) is 0 Å². The highest BCUT2D eigenvalue weighted by molar-refractivity contribution is 7.98. The Labute approximate surface area is 221 Å². The van der Waals surface area contributed by atoms with Crippen molar-refractivity contribution in [3.05, 3.63) is 92.9 Å². The molecular weight excluding hydrogens is 514 g/mol. The molecule has 0 radical (unpaired) electrons. The third-order valence-corrected chi connectivity index (χ3v) is 8.57. The minimum atomic E-state index is -0.955. The summed E-state index contributed by atoms with van der Waals surface area (Å²) in [5.41, 5.74) is 0.581. The van der Waals surface area contributed by atoms with Crippen LogP contribution in [0, 0.1) is 11.6 Å². The van der Waals surface area contributed by atoms with Gasteiger partial charge in [-0.25, -0.2) is 8.78 Å². The molecule has 2 unspecified atom stereocenters. The summed E-state index contributed by atoms with van der Waals surface area (Å²) in [5.74, 6) is -3.00. The fourth-order valence-corrected chi connectivity index (χ4v) is 6.73. The molecule has 38 heavy (non-hydrogen) atoms. The maximum Gasteiger partial charge on any atom is 0.278 e. The molecule has 1 fully saturated rings. The van der Waals surface area contributed by atoms with E-state index in [9.17, 15) is 23.9 Å². The second kappa shape index (κ2) is 9.16. The quantitative estimate of drug-likeness (QED) is 0.540. The molecule has 0 spiro atoms. The standard InChI is InChI=1S/C27H24F2N4O4S/c1-2-22(35)30-11-12-31-21(13-30)33(32-10-9-19(34)26(36)25(32)27(31)37)24-15-7-8-18(28)23(29)17(15)14-38-20-6-4-3-5-16(20)24/h3-10,21,24,36H,2,11-14H2,1H3. The van der Waals surface area contributed by atoms with Gasteiger partial charge in [-0.15, -0.1) is 11.8 Å². The molecule has 2 atom stereocenters. The Morgan fingerprint density at radius 1 is 1.08 bits per heavy atom. The molecule has 11 heteroatoms. The van der Waals surface area contributed by atoms with Crippen molar-refractivity contribution < 1.29 is 23.5 Å². The van der Waals surface area contributed by atoms with E-state index in [1.54, 1.807) is 22.9 Å². The van der Waals surface area contributed by atoms with Crippen molar-refractivity contribution in [1.29, 1.82) is 0 Å². The van der Waals surface area contributed by atoms with Crippen LogP contribution in [0.25, 0.3) is 0 Å². The summed E-state index contributed by atoms with van der Waals surface area (Å²) in [4.78, 5) is 42.8. The molecule has 196 valence electrons. The number of halogens is 2. The summed E-state index contributed by atoms with van der Waals surface area (Å²) >= 11 is 1.38. The minimum Gasteiger partial charge on any atom is -0.502 e. The van der Waals surface area contributed by atoms with Crippen molar-refractivity contribution in [1.82, 2.24) is 14.5 Å². The minimum absolute atomic E-state index is 0.0732. The van der Waals surface area contributed by atoms with E-state index in [4.69, 9.17) is 0 Å². The van der Waals surface area contributed by atoms with Gasteiger partial charge in [0.15, 0.2) is 23.1 Å². The summed E-state index contributed by atoms with van der Waals surface area (Å²) in [6.45, 7) is 2.41. The van der Waals surface area contributed by atoms with Gasteiger partial charge in [0.05, 0.1) is 12.6 Å². The van der Waals surface area contributed by atoms with Crippen LogP contribution in [0.15, 0.2) is 58.4 Å². The lowest BCUT2D eigenvalue weighted by molar-refractivity contribution is -0.133. The number of fused-ring (bicyclic) bond motifs is 4. The van der Waals surface area contributed by atoms with Crippen molar-refractivity contribution in [2.24, 2.45) is 0 Å². The van der Waals surface area contributed by atoms with Crippen LogP contribution in [0.2, 0.25) is 0 Å². The zero-order valence-electron chi connectivity index (χ0n) is 20.4. The number of rotatable bonds is 2. The highest BCUT2D eigenvalue weighted by Gasteiger charge is 2.47. The molecule has 0 bridgehead atoms. The van der Waals surface area contributed by atoms with E-state index in [1.807, 2.05) is 24.3 Å². The SMILES string of the molecule is CCC(=O)N1CCN2C(=O)c3c(O)c(=O)ccn3N(C3c4ccccc4SCc4c3ccc(F)c4F)C2C1. The number of piperazine rings is 1. The largest absolute Gasteiger partial charge is 0.502 e. The maximum atomic E-state index is 15.2. The lowest BCUT2D eigenvalue weighted by Crippen LogP contribution is -2.69. The Hall–Kier alpha value is -3.86. The lowest BCUT2D eigenvalue weighted by Gasteiger charge is -2.53. The first-order valence-corrected chi connectivity index (χ1v) is 13.3. The second-order valence-corrected chi connectivity index (χ2v) is 10.4. The van der Waals surface area contributed by atoms with Crippen LogP contribution >= 0.6 is 11.8 Å². The Bertz CT molecular complexity index is 1540. The van der Waals surface area contributed by atoms with E-state index in [0.717, 1.165) is 22.6 Å². The molecule has 3 aromatic rings. The van der Waals surface area contributed by atoms with Gasteiger partial charge < -0.3 is 14.9 Å². The van der Waals surface area contributed by atoms with Gasteiger partial charge in [-0.3, -0.25) is 24.1 Å². The number of pyridine rings is 1. The molecular formula is C27H24F2N4O4S. The highest BCUT2D eigenvalue weighted by Crippen LogP contribution is 2.45. The Morgan fingerprint density at radius 3 is 2.66 bits per heavy atom. The van der Waals surface area contributed by atoms with Crippen LogP contribution in [0.5, 0.6) is 5.75 Å². The van der Waals surface area contributed by atoms with Crippen molar-refractivity contribution in [3.63, 3.8) is 0 Å². The maximum absolute atomic E-state index is 15.2. The van der Waals surface area contributed by atoms with Gasteiger partial charge in [-0.2, -0.15) is 0 Å². The van der Waals surface area contributed by atoms with Crippen molar-refractivity contribution in [2.75, 3.05) is 24.6 Å². The molecule has 1 saturated heterocycles. The molecule has 4 heterocycles. The van der Waals surface area contributed by atoms with Crippen LogP contribution in [0.4, 0.5) is 8.78 Å². The highest BCUT2D eigenvalue weighted by atomic mass is 32.2. The number of carbonyl (C=O) groups is 2. The number of hydrogen-bond donors (Lipinski definition) is 1. The van der Waals surface area contributed by atoms with Crippen LogP contribution in [0.3, 0.4) is 0 Å². The van der Waals surface area contributed by atoms with Gasteiger partial charge in [0.1, 0.15) is 6.17 Å². The summed E-state index contributed by atoms with van der Waals surface area (Å²) in [6.07, 6.45) is 0.997. The first-order chi connectivity index (χ1) is 18.3. The topological polar surface area (TPSA) is 86.1 Å². The lowest BCUT2D eigenvalue weighted by atomic mass is 9.93. The zero-order chi connectivity index (χ0) is 26.7.